The smallest absolute Gasteiger partial charge is 0.143 e. The second kappa shape index (κ2) is 5.96. The molecule has 0 saturated carbocycles. The normalized spacial score (nSPS) is 13.4. The molecule has 0 atom stereocenters. The van der Waals surface area contributed by atoms with E-state index in [1.807, 2.05) is 18.2 Å². The van der Waals surface area contributed by atoms with Gasteiger partial charge in [0.1, 0.15) is 12.4 Å². The SMILES string of the molecule is CN(C)CCN1c2ccccc2COc2ccc(Cl)cc21. The van der Waals surface area contributed by atoms with Crippen LogP contribution in [0.3, 0.4) is 0 Å². The summed E-state index contributed by atoms with van der Waals surface area (Å²) in [5.41, 5.74) is 3.43. The largest absolute Gasteiger partial charge is 0.487 e. The first-order valence-electron chi connectivity index (χ1n) is 7.07. The van der Waals surface area contributed by atoms with Crippen LogP contribution in [0.5, 0.6) is 5.75 Å². The highest BCUT2D eigenvalue weighted by Crippen LogP contribution is 2.40. The number of anilines is 2. The molecule has 2 aromatic carbocycles. The van der Waals surface area contributed by atoms with Crippen molar-refractivity contribution >= 4 is 23.0 Å². The summed E-state index contributed by atoms with van der Waals surface area (Å²) in [6.45, 7) is 2.43. The third-order valence-electron chi connectivity index (χ3n) is 3.65. The topological polar surface area (TPSA) is 15.7 Å². The standard InChI is InChI=1S/C17H19ClN2O/c1-19(2)9-10-20-15-6-4-3-5-13(15)12-21-17-8-7-14(18)11-16(17)20/h3-8,11H,9-10,12H2,1-2H3. The molecule has 0 unspecified atom stereocenters. The number of para-hydroxylation sites is 1. The molecule has 1 heterocycles. The number of halogens is 1. The number of hydrogen-bond acceptors (Lipinski definition) is 3. The lowest BCUT2D eigenvalue weighted by atomic mass is 10.1. The Balaban J connectivity index is 2.07. The van der Waals surface area contributed by atoms with E-state index in [4.69, 9.17) is 16.3 Å². The minimum Gasteiger partial charge on any atom is -0.487 e. The summed E-state index contributed by atoms with van der Waals surface area (Å²) in [5, 5.41) is 0.728. The molecule has 0 spiro atoms. The van der Waals surface area contributed by atoms with Gasteiger partial charge in [-0.05, 0) is 38.4 Å². The number of benzene rings is 2. The molecule has 4 heteroatoms. The van der Waals surface area contributed by atoms with E-state index in [1.165, 1.54) is 11.3 Å². The molecule has 0 saturated heterocycles. The van der Waals surface area contributed by atoms with E-state index in [9.17, 15) is 0 Å². The highest BCUT2D eigenvalue weighted by molar-refractivity contribution is 6.31. The fourth-order valence-corrected chi connectivity index (χ4v) is 2.71. The molecule has 1 aliphatic heterocycles. The zero-order valence-electron chi connectivity index (χ0n) is 12.3. The van der Waals surface area contributed by atoms with Crippen molar-refractivity contribution in [2.45, 2.75) is 6.61 Å². The minimum absolute atomic E-state index is 0.587. The van der Waals surface area contributed by atoms with Crippen LogP contribution in [-0.2, 0) is 6.61 Å². The van der Waals surface area contributed by atoms with Crippen molar-refractivity contribution in [2.24, 2.45) is 0 Å². The van der Waals surface area contributed by atoms with Gasteiger partial charge in [-0.15, -0.1) is 0 Å². The van der Waals surface area contributed by atoms with E-state index in [1.54, 1.807) is 0 Å². The third kappa shape index (κ3) is 2.99. The van der Waals surface area contributed by atoms with Gasteiger partial charge in [-0.1, -0.05) is 29.8 Å². The first kappa shape index (κ1) is 14.2. The van der Waals surface area contributed by atoms with Crippen molar-refractivity contribution in [1.82, 2.24) is 4.90 Å². The summed E-state index contributed by atoms with van der Waals surface area (Å²) in [5.74, 6) is 0.884. The number of nitrogens with zero attached hydrogens (tertiary/aromatic N) is 2. The number of rotatable bonds is 3. The average Bonchev–Trinajstić information content (AvgIpc) is 2.62. The Hall–Kier alpha value is -1.71. The van der Waals surface area contributed by atoms with E-state index in [2.05, 4.69) is 48.2 Å². The van der Waals surface area contributed by atoms with Crippen LogP contribution in [-0.4, -0.2) is 32.1 Å². The summed E-state index contributed by atoms with van der Waals surface area (Å²) in [6, 6.07) is 14.2. The van der Waals surface area contributed by atoms with Crippen LogP contribution in [0.2, 0.25) is 5.02 Å². The van der Waals surface area contributed by atoms with Gasteiger partial charge in [-0.25, -0.2) is 0 Å². The van der Waals surface area contributed by atoms with Gasteiger partial charge in [0.2, 0.25) is 0 Å². The van der Waals surface area contributed by atoms with Crippen molar-refractivity contribution < 1.29 is 4.74 Å². The van der Waals surface area contributed by atoms with Gasteiger partial charge in [0.25, 0.3) is 0 Å². The molecule has 0 radical (unpaired) electrons. The van der Waals surface area contributed by atoms with Gasteiger partial charge in [-0.3, -0.25) is 0 Å². The molecular weight excluding hydrogens is 284 g/mol. The van der Waals surface area contributed by atoms with Gasteiger partial charge in [0.05, 0.1) is 5.69 Å². The van der Waals surface area contributed by atoms with Crippen LogP contribution in [0.1, 0.15) is 5.56 Å². The predicted octanol–water partition coefficient (Wildman–Crippen LogP) is 3.93. The maximum Gasteiger partial charge on any atom is 0.143 e. The quantitative estimate of drug-likeness (QED) is 0.854. The molecular formula is C17H19ClN2O. The minimum atomic E-state index is 0.587. The van der Waals surface area contributed by atoms with Crippen LogP contribution in [0.15, 0.2) is 42.5 Å². The molecule has 2 aromatic rings. The van der Waals surface area contributed by atoms with E-state index >= 15 is 0 Å². The molecule has 21 heavy (non-hydrogen) atoms. The van der Waals surface area contributed by atoms with Crippen LogP contribution < -0.4 is 9.64 Å². The fourth-order valence-electron chi connectivity index (χ4n) is 2.55. The van der Waals surface area contributed by atoms with Gasteiger partial charge >= 0.3 is 0 Å². The summed E-state index contributed by atoms with van der Waals surface area (Å²) >= 11 is 6.19. The molecule has 0 bridgehead atoms. The Morgan fingerprint density at radius 1 is 1.14 bits per heavy atom. The summed E-state index contributed by atoms with van der Waals surface area (Å²) in [6.07, 6.45) is 0. The van der Waals surface area contributed by atoms with E-state index in [0.29, 0.717) is 6.61 Å². The van der Waals surface area contributed by atoms with E-state index in [-0.39, 0.29) is 0 Å². The van der Waals surface area contributed by atoms with Crippen molar-refractivity contribution in [3.05, 3.63) is 53.1 Å². The molecule has 0 aromatic heterocycles. The van der Waals surface area contributed by atoms with Crippen LogP contribution in [0.25, 0.3) is 0 Å². The molecule has 0 amide bonds. The van der Waals surface area contributed by atoms with E-state index < -0.39 is 0 Å². The second-order valence-corrected chi connectivity index (χ2v) is 5.92. The predicted molar refractivity (Wildman–Crippen MR) is 87.8 cm³/mol. The third-order valence-corrected chi connectivity index (χ3v) is 3.88. The number of fused-ring (bicyclic) bond motifs is 2. The average molecular weight is 303 g/mol. The number of likely N-dealkylation sites (N-methyl/N-ethyl adjacent to an activating group) is 1. The van der Waals surface area contributed by atoms with Crippen LogP contribution >= 0.6 is 11.6 Å². The lowest BCUT2D eigenvalue weighted by Gasteiger charge is -2.27. The fraction of sp³-hybridized carbons (Fsp3) is 0.294. The molecule has 0 aliphatic carbocycles. The van der Waals surface area contributed by atoms with Crippen molar-refractivity contribution in [2.75, 3.05) is 32.1 Å². The number of hydrogen-bond donors (Lipinski definition) is 0. The maximum absolute atomic E-state index is 6.19. The second-order valence-electron chi connectivity index (χ2n) is 5.48. The summed E-state index contributed by atoms with van der Waals surface area (Å²) < 4.78 is 5.95. The summed E-state index contributed by atoms with van der Waals surface area (Å²) in [4.78, 5) is 4.47. The lowest BCUT2D eigenvalue weighted by Crippen LogP contribution is -2.28. The molecule has 3 rings (SSSR count). The Kier molecular flexibility index (Phi) is 4.04. The Labute approximate surface area is 130 Å². The Bertz CT molecular complexity index is 642. The highest BCUT2D eigenvalue weighted by atomic mass is 35.5. The molecule has 3 nitrogen and oxygen atoms in total. The van der Waals surface area contributed by atoms with Gasteiger partial charge < -0.3 is 14.5 Å². The maximum atomic E-state index is 6.19. The monoisotopic (exact) mass is 302 g/mol. The zero-order valence-corrected chi connectivity index (χ0v) is 13.1. The number of ether oxygens (including phenoxy) is 1. The van der Waals surface area contributed by atoms with Crippen molar-refractivity contribution in [1.29, 1.82) is 0 Å². The van der Waals surface area contributed by atoms with Gasteiger partial charge in [-0.2, -0.15) is 0 Å². The first-order chi connectivity index (χ1) is 10.1. The van der Waals surface area contributed by atoms with Crippen molar-refractivity contribution in [3.8, 4) is 5.75 Å². The lowest BCUT2D eigenvalue weighted by molar-refractivity contribution is 0.310. The van der Waals surface area contributed by atoms with Crippen LogP contribution in [0.4, 0.5) is 11.4 Å². The summed E-state index contributed by atoms with van der Waals surface area (Å²) in [7, 11) is 4.16. The van der Waals surface area contributed by atoms with Crippen LogP contribution in [0, 0.1) is 0 Å². The van der Waals surface area contributed by atoms with Gasteiger partial charge in [0.15, 0.2) is 0 Å². The first-order valence-corrected chi connectivity index (χ1v) is 7.45. The highest BCUT2D eigenvalue weighted by Gasteiger charge is 2.21. The molecule has 110 valence electrons. The Morgan fingerprint density at radius 3 is 2.76 bits per heavy atom. The van der Waals surface area contributed by atoms with Gasteiger partial charge in [0, 0.05) is 29.4 Å². The Morgan fingerprint density at radius 2 is 1.95 bits per heavy atom. The zero-order chi connectivity index (χ0) is 14.8. The van der Waals surface area contributed by atoms with E-state index in [0.717, 1.165) is 29.5 Å². The molecule has 0 N–H and O–H groups in total. The molecule has 1 aliphatic rings. The molecule has 0 fully saturated rings. The van der Waals surface area contributed by atoms with Crippen molar-refractivity contribution in [3.63, 3.8) is 0 Å².